The molecule has 4 nitrogen and oxygen atoms in total. The number of hydrogen-bond acceptors (Lipinski definition) is 4. The van der Waals surface area contributed by atoms with Crippen molar-refractivity contribution >= 4 is 34.5 Å². The molecule has 0 saturated carbocycles. The molecule has 3 aromatic carbocycles. The van der Waals surface area contributed by atoms with E-state index in [2.05, 4.69) is 0 Å². The number of thioether (sulfide) groups is 1. The van der Waals surface area contributed by atoms with Crippen LogP contribution in [0.4, 0.5) is 9.18 Å². The lowest BCUT2D eigenvalue weighted by Crippen LogP contribution is -2.31. The van der Waals surface area contributed by atoms with Crippen LogP contribution in [0.25, 0.3) is 0 Å². The molecule has 2 amide bonds. The quantitative estimate of drug-likeness (QED) is 0.447. The lowest BCUT2D eigenvalue weighted by molar-refractivity contribution is -0.127. The minimum Gasteiger partial charge on any atom is -0.489 e. The van der Waals surface area contributed by atoms with Crippen LogP contribution >= 0.6 is 23.4 Å². The van der Waals surface area contributed by atoms with Gasteiger partial charge in [0.2, 0.25) is 5.91 Å². The predicted octanol–water partition coefficient (Wildman–Crippen LogP) is 5.86. The summed E-state index contributed by atoms with van der Waals surface area (Å²) in [4.78, 5) is 26.6. The van der Waals surface area contributed by atoms with Crippen LogP contribution in [-0.2, 0) is 24.4 Å². The fourth-order valence-electron chi connectivity index (χ4n) is 3.33. The summed E-state index contributed by atoms with van der Waals surface area (Å²) in [7, 11) is 0. The molecule has 1 heterocycles. The first-order valence-corrected chi connectivity index (χ1v) is 11.0. The Hall–Kier alpha value is -2.83. The maximum absolute atomic E-state index is 13.9. The highest BCUT2D eigenvalue weighted by atomic mass is 35.5. The normalized spacial score (nSPS) is 16.1. The first-order valence-electron chi connectivity index (χ1n) is 9.72. The molecule has 0 N–H and O–H groups in total. The Morgan fingerprint density at radius 1 is 0.935 bits per heavy atom. The second kappa shape index (κ2) is 9.54. The highest BCUT2D eigenvalue weighted by molar-refractivity contribution is 8.15. The Labute approximate surface area is 189 Å². The number of carbonyl (C=O) groups excluding carboxylic acids is 2. The third-order valence-electron chi connectivity index (χ3n) is 4.98. The Bertz CT molecular complexity index is 1110. The first kappa shape index (κ1) is 21.4. The molecular formula is C24H19ClFNO3S. The minimum atomic E-state index is -0.530. The van der Waals surface area contributed by atoms with Gasteiger partial charge < -0.3 is 4.74 Å². The zero-order valence-electron chi connectivity index (χ0n) is 16.5. The number of benzene rings is 3. The van der Waals surface area contributed by atoms with Crippen molar-refractivity contribution in [1.29, 1.82) is 0 Å². The lowest BCUT2D eigenvalue weighted by atomic mass is 10.1. The van der Waals surface area contributed by atoms with Gasteiger partial charge in [0.1, 0.15) is 18.2 Å². The highest BCUT2D eigenvalue weighted by Crippen LogP contribution is 2.33. The van der Waals surface area contributed by atoms with E-state index in [-0.39, 0.29) is 30.1 Å². The molecule has 3 aromatic rings. The van der Waals surface area contributed by atoms with Crippen LogP contribution in [0.15, 0.2) is 72.8 Å². The maximum Gasteiger partial charge on any atom is 0.289 e. The van der Waals surface area contributed by atoms with Crippen molar-refractivity contribution in [2.24, 2.45) is 0 Å². The van der Waals surface area contributed by atoms with Crippen molar-refractivity contribution in [1.82, 2.24) is 4.90 Å². The summed E-state index contributed by atoms with van der Waals surface area (Å²) in [6.45, 7) is 0.292. The summed E-state index contributed by atoms with van der Waals surface area (Å²) >= 11 is 6.92. The van der Waals surface area contributed by atoms with Gasteiger partial charge in [-0.2, -0.15) is 0 Å². The maximum atomic E-state index is 13.9. The Kier molecular flexibility index (Phi) is 6.59. The van der Waals surface area contributed by atoms with Crippen molar-refractivity contribution in [3.05, 3.63) is 100 Å². The topological polar surface area (TPSA) is 46.6 Å². The molecule has 0 aliphatic carbocycles. The number of imide groups is 1. The van der Waals surface area contributed by atoms with Crippen molar-refractivity contribution in [2.75, 3.05) is 0 Å². The molecule has 158 valence electrons. The summed E-state index contributed by atoms with van der Waals surface area (Å²) in [5.41, 5.74) is 2.08. The van der Waals surface area contributed by atoms with E-state index < -0.39 is 5.25 Å². The van der Waals surface area contributed by atoms with Gasteiger partial charge in [0.05, 0.1) is 11.8 Å². The summed E-state index contributed by atoms with van der Waals surface area (Å²) in [5.74, 6) is 0.0153. The fourth-order valence-corrected chi connectivity index (χ4v) is 4.47. The molecule has 1 aliphatic rings. The number of carbonyl (C=O) groups is 2. The largest absolute Gasteiger partial charge is 0.489 e. The SMILES string of the molecule is O=C1S[C@H](Cc2ccccc2OCc2ccccc2F)C(=O)N1Cc1ccc(Cl)cc1. The predicted molar refractivity (Wildman–Crippen MR) is 120 cm³/mol. The average molecular weight is 456 g/mol. The molecule has 1 aliphatic heterocycles. The zero-order chi connectivity index (χ0) is 21.8. The molecule has 0 radical (unpaired) electrons. The smallest absolute Gasteiger partial charge is 0.289 e. The Morgan fingerprint density at radius 3 is 2.35 bits per heavy atom. The molecule has 4 rings (SSSR count). The lowest BCUT2D eigenvalue weighted by Gasteiger charge is -2.15. The van der Waals surface area contributed by atoms with E-state index in [1.807, 2.05) is 18.2 Å². The van der Waals surface area contributed by atoms with Crippen LogP contribution in [0.1, 0.15) is 16.7 Å². The van der Waals surface area contributed by atoms with Gasteiger partial charge in [0, 0.05) is 10.6 Å². The van der Waals surface area contributed by atoms with E-state index in [1.165, 1.54) is 11.0 Å². The van der Waals surface area contributed by atoms with Gasteiger partial charge in [-0.3, -0.25) is 14.5 Å². The number of rotatable bonds is 7. The fraction of sp³-hybridized carbons (Fsp3) is 0.167. The second-order valence-electron chi connectivity index (χ2n) is 7.12. The van der Waals surface area contributed by atoms with Gasteiger partial charge >= 0.3 is 0 Å². The Balaban J connectivity index is 1.44. The van der Waals surface area contributed by atoms with E-state index in [0.717, 1.165) is 22.9 Å². The standard InChI is InChI=1S/C24H19ClFNO3S/c25-19-11-9-16(10-12-19)14-27-23(28)22(31-24(27)29)13-17-5-2-4-8-21(17)30-15-18-6-1-3-7-20(18)26/h1-12,22H,13-15H2/t22-/m1/s1. The van der Waals surface area contributed by atoms with Crippen LogP contribution in [0.3, 0.4) is 0 Å². The van der Waals surface area contributed by atoms with Crippen molar-refractivity contribution in [2.45, 2.75) is 24.8 Å². The third-order valence-corrected chi connectivity index (χ3v) is 6.30. The number of nitrogens with zero attached hydrogens (tertiary/aromatic N) is 1. The summed E-state index contributed by atoms with van der Waals surface area (Å²) < 4.78 is 19.7. The van der Waals surface area contributed by atoms with Gasteiger partial charge in [0.15, 0.2) is 0 Å². The van der Waals surface area contributed by atoms with E-state index in [4.69, 9.17) is 16.3 Å². The van der Waals surface area contributed by atoms with Crippen molar-refractivity contribution in [3.8, 4) is 5.75 Å². The molecular weight excluding hydrogens is 437 g/mol. The molecule has 0 aromatic heterocycles. The summed E-state index contributed by atoms with van der Waals surface area (Å²) in [5, 5.41) is -0.199. The van der Waals surface area contributed by atoms with Crippen LogP contribution < -0.4 is 4.74 Å². The highest BCUT2D eigenvalue weighted by Gasteiger charge is 2.39. The number of para-hydroxylation sites is 1. The molecule has 31 heavy (non-hydrogen) atoms. The third kappa shape index (κ3) is 5.09. The number of ether oxygens (including phenoxy) is 1. The molecule has 1 saturated heterocycles. The Morgan fingerprint density at radius 2 is 1.61 bits per heavy atom. The van der Waals surface area contributed by atoms with Crippen LogP contribution in [0.5, 0.6) is 5.75 Å². The molecule has 1 fully saturated rings. The molecule has 0 spiro atoms. The van der Waals surface area contributed by atoms with Crippen molar-refractivity contribution < 1.29 is 18.7 Å². The summed E-state index contributed by atoms with van der Waals surface area (Å²) in [6.07, 6.45) is 0.347. The van der Waals surface area contributed by atoms with Crippen LogP contribution in [0, 0.1) is 5.82 Å². The molecule has 0 bridgehead atoms. The number of halogens is 2. The molecule has 0 unspecified atom stereocenters. The van der Waals surface area contributed by atoms with Crippen LogP contribution in [-0.4, -0.2) is 21.3 Å². The van der Waals surface area contributed by atoms with E-state index in [0.29, 0.717) is 22.8 Å². The van der Waals surface area contributed by atoms with Gasteiger partial charge in [-0.1, -0.05) is 71.9 Å². The van der Waals surface area contributed by atoms with Gasteiger partial charge in [0.25, 0.3) is 5.24 Å². The van der Waals surface area contributed by atoms with Crippen molar-refractivity contribution in [3.63, 3.8) is 0 Å². The average Bonchev–Trinajstić information content (AvgIpc) is 3.03. The van der Waals surface area contributed by atoms with E-state index >= 15 is 0 Å². The first-order chi connectivity index (χ1) is 15.0. The monoisotopic (exact) mass is 455 g/mol. The second-order valence-corrected chi connectivity index (χ2v) is 8.71. The summed E-state index contributed by atoms with van der Waals surface area (Å²) in [6, 6.07) is 20.8. The molecule has 1 atom stereocenters. The van der Waals surface area contributed by atoms with Gasteiger partial charge in [-0.15, -0.1) is 0 Å². The van der Waals surface area contributed by atoms with Crippen LogP contribution in [0.2, 0.25) is 5.02 Å². The number of hydrogen-bond donors (Lipinski definition) is 0. The zero-order valence-corrected chi connectivity index (χ0v) is 18.0. The van der Waals surface area contributed by atoms with E-state index in [1.54, 1.807) is 48.5 Å². The number of amides is 2. The van der Waals surface area contributed by atoms with Gasteiger partial charge in [-0.25, -0.2) is 4.39 Å². The van der Waals surface area contributed by atoms with Gasteiger partial charge in [-0.05, 0) is 41.8 Å². The van der Waals surface area contributed by atoms with E-state index in [9.17, 15) is 14.0 Å². The minimum absolute atomic E-state index is 0.0804. The molecule has 7 heteroatoms.